The molecule has 2 aromatic carbocycles. The molecule has 0 spiro atoms. The van der Waals surface area contributed by atoms with Gasteiger partial charge in [-0.15, -0.1) is 0 Å². The molecule has 0 saturated heterocycles. The lowest BCUT2D eigenvalue weighted by Crippen LogP contribution is -2.30. The molecule has 0 unspecified atom stereocenters. The van der Waals surface area contributed by atoms with Gasteiger partial charge in [-0.05, 0) is 42.8 Å². The Morgan fingerprint density at radius 2 is 1.69 bits per heavy atom. The summed E-state index contributed by atoms with van der Waals surface area (Å²) in [4.78, 5) is 25.8. The topological polar surface area (TPSA) is 74.3 Å². The zero-order chi connectivity index (χ0) is 21.4. The third kappa shape index (κ3) is 5.84. The number of likely N-dealkylation sites (N-methyl/N-ethyl adjacent to an activating group) is 1. The summed E-state index contributed by atoms with van der Waals surface area (Å²) >= 11 is 0. The van der Waals surface area contributed by atoms with E-state index in [9.17, 15) is 14.0 Å². The SMILES string of the molecule is CCOc1ccc(C(=O)OCC(=O)N(C)Cc2ccc(OC)c(F)c2)cc1OC. The summed E-state index contributed by atoms with van der Waals surface area (Å²) in [5.41, 5.74) is 0.819. The minimum absolute atomic E-state index is 0.127. The summed E-state index contributed by atoms with van der Waals surface area (Å²) in [6.07, 6.45) is 0. The van der Waals surface area contributed by atoms with Crippen LogP contribution >= 0.6 is 0 Å². The third-order valence-corrected chi connectivity index (χ3v) is 4.09. The van der Waals surface area contributed by atoms with Crippen LogP contribution in [0.2, 0.25) is 0 Å². The van der Waals surface area contributed by atoms with E-state index in [1.54, 1.807) is 12.1 Å². The molecule has 0 N–H and O–H groups in total. The number of hydrogen-bond acceptors (Lipinski definition) is 6. The Bertz CT molecular complexity index is 870. The van der Waals surface area contributed by atoms with Crippen molar-refractivity contribution in [2.75, 3.05) is 34.5 Å². The van der Waals surface area contributed by atoms with Gasteiger partial charge in [-0.3, -0.25) is 4.79 Å². The van der Waals surface area contributed by atoms with Crippen LogP contribution in [0.5, 0.6) is 17.2 Å². The number of halogens is 1. The van der Waals surface area contributed by atoms with E-state index in [4.69, 9.17) is 18.9 Å². The van der Waals surface area contributed by atoms with Gasteiger partial charge in [-0.1, -0.05) is 6.07 Å². The number of carbonyl (C=O) groups is 2. The van der Waals surface area contributed by atoms with Crippen molar-refractivity contribution in [2.45, 2.75) is 13.5 Å². The molecule has 0 aliphatic carbocycles. The smallest absolute Gasteiger partial charge is 0.338 e. The number of hydrogen-bond donors (Lipinski definition) is 0. The maximum Gasteiger partial charge on any atom is 0.338 e. The molecule has 0 heterocycles. The molecule has 1 amide bonds. The number of methoxy groups -OCH3 is 2. The van der Waals surface area contributed by atoms with E-state index >= 15 is 0 Å². The fourth-order valence-electron chi connectivity index (χ4n) is 2.56. The van der Waals surface area contributed by atoms with Crippen LogP contribution in [-0.2, 0) is 16.1 Å². The first-order valence-corrected chi connectivity index (χ1v) is 8.93. The van der Waals surface area contributed by atoms with Crippen molar-refractivity contribution in [3.05, 3.63) is 53.3 Å². The van der Waals surface area contributed by atoms with E-state index < -0.39 is 24.3 Å². The van der Waals surface area contributed by atoms with Gasteiger partial charge in [0.15, 0.2) is 29.7 Å². The highest BCUT2D eigenvalue weighted by molar-refractivity contribution is 5.92. The van der Waals surface area contributed by atoms with Crippen LogP contribution in [0.15, 0.2) is 36.4 Å². The number of esters is 1. The maximum atomic E-state index is 13.8. The first-order valence-electron chi connectivity index (χ1n) is 8.93. The number of benzene rings is 2. The first-order chi connectivity index (χ1) is 13.9. The molecule has 0 aromatic heterocycles. The number of carbonyl (C=O) groups excluding carboxylic acids is 2. The quantitative estimate of drug-likeness (QED) is 0.597. The Hall–Kier alpha value is -3.29. The number of amides is 1. The van der Waals surface area contributed by atoms with Gasteiger partial charge < -0.3 is 23.8 Å². The van der Waals surface area contributed by atoms with E-state index in [-0.39, 0.29) is 17.9 Å². The average molecular weight is 405 g/mol. The molecule has 0 fully saturated rings. The predicted octanol–water partition coefficient (Wildman–Crippen LogP) is 3.06. The molecule has 0 bridgehead atoms. The third-order valence-electron chi connectivity index (χ3n) is 4.09. The van der Waals surface area contributed by atoms with Crippen molar-refractivity contribution < 1.29 is 32.9 Å². The highest BCUT2D eigenvalue weighted by Gasteiger charge is 2.16. The van der Waals surface area contributed by atoms with Crippen molar-refractivity contribution in [2.24, 2.45) is 0 Å². The molecular formula is C21H24FNO6. The Morgan fingerprint density at radius 3 is 2.31 bits per heavy atom. The molecular weight excluding hydrogens is 381 g/mol. The minimum atomic E-state index is -0.663. The van der Waals surface area contributed by atoms with E-state index in [1.807, 2.05) is 6.92 Å². The number of nitrogens with zero attached hydrogens (tertiary/aromatic N) is 1. The largest absolute Gasteiger partial charge is 0.494 e. The lowest BCUT2D eigenvalue weighted by molar-refractivity contribution is -0.133. The lowest BCUT2D eigenvalue weighted by atomic mass is 10.2. The summed E-state index contributed by atoms with van der Waals surface area (Å²) in [7, 11) is 4.38. The van der Waals surface area contributed by atoms with Gasteiger partial charge in [0.1, 0.15) is 0 Å². The Labute approximate surface area is 168 Å². The van der Waals surface area contributed by atoms with Crippen LogP contribution in [0.3, 0.4) is 0 Å². The van der Waals surface area contributed by atoms with Crippen molar-refractivity contribution >= 4 is 11.9 Å². The fraction of sp³-hybridized carbons (Fsp3) is 0.333. The molecule has 2 aromatic rings. The van der Waals surface area contributed by atoms with Gasteiger partial charge in [0.25, 0.3) is 5.91 Å². The second-order valence-electron chi connectivity index (χ2n) is 6.09. The molecule has 8 heteroatoms. The second kappa shape index (κ2) is 10.3. The Morgan fingerprint density at radius 1 is 1.00 bits per heavy atom. The fourth-order valence-corrected chi connectivity index (χ4v) is 2.56. The molecule has 0 aliphatic heterocycles. The molecule has 0 aliphatic rings. The van der Waals surface area contributed by atoms with Crippen LogP contribution in [0.25, 0.3) is 0 Å². The van der Waals surface area contributed by atoms with Crippen LogP contribution in [0.1, 0.15) is 22.8 Å². The zero-order valence-corrected chi connectivity index (χ0v) is 16.9. The summed E-state index contributed by atoms with van der Waals surface area (Å²) in [5.74, 6) is -0.569. The second-order valence-corrected chi connectivity index (χ2v) is 6.09. The van der Waals surface area contributed by atoms with Crippen LogP contribution < -0.4 is 14.2 Å². The maximum absolute atomic E-state index is 13.8. The van der Waals surface area contributed by atoms with E-state index in [1.165, 1.54) is 50.4 Å². The van der Waals surface area contributed by atoms with Crippen LogP contribution in [0.4, 0.5) is 4.39 Å². The molecule has 156 valence electrons. The summed E-state index contributed by atoms with van der Waals surface area (Å²) < 4.78 is 34.3. The van der Waals surface area contributed by atoms with Gasteiger partial charge in [0.2, 0.25) is 0 Å². The standard InChI is InChI=1S/C21H24FNO6/c1-5-28-18-9-7-15(11-19(18)27-4)21(25)29-13-20(24)23(2)12-14-6-8-17(26-3)16(22)10-14/h6-11H,5,12-13H2,1-4H3. The summed E-state index contributed by atoms with van der Waals surface area (Å²) in [6, 6.07) is 9.06. The van der Waals surface area contributed by atoms with Crippen molar-refractivity contribution in [3.63, 3.8) is 0 Å². The van der Waals surface area contributed by atoms with Gasteiger partial charge in [0.05, 0.1) is 26.4 Å². The van der Waals surface area contributed by atoms with Gasteiger partial charge >= 0.3 is 5.97 Å². The highest BCUT2D eigenvalue weighted by Crippen LogP contribution is 2.28. The molecule has 0 atom stereocenters. The van der Waals surface area contributed by atoms with E-state index in [0.717, 1.165) is 0 Å². The number of ether oxygens (including phenoxy) is 4. The van der Waals surface area contributed by atoms with Crippen LogP contribution in [0, 0.1) is 5.82 Å². The van der Waals surface area contributed by atoms with Crippen molar-refractivity contribution in [1.82, 2.24) is 4.90 Å². The van der Waals surface area contributed by atoms with Gasteiger partial charge in [-0.2, -0.15) is 0 Å². The minimum Gasteiger partial charge on any atom is -0.494 e. The highest BCUT2D eigenvalue weighted by atomic mass is 19.1. The van der Waals surface area contributed by atoms with Crippen molar-refractivity contribution in [3.8, 4) is 17.2 Å². The Kier molecular flexibility index (Phi) is 7.82. The zero-order valence-electron chi connectivity index (χ0n) is 16.9. The Balaban J connectivity index is 1.94. The predicted molar refractivity (Wildman–Crippen MR) is 104 cm³/mol. The lowest BCUT2D eigenvalue weighted by Gasteiger charge is -2.18. The summed E-state index contributed by atoms with van der Waals surface area (Å²) in [6.45, 7) is 2.01. The molecule has 2 rings (SSSR count). The molecule has 0 radical (unpaired) electrons. The normalized spacial score (nSPS) is 10.2. The molecule has 0 saturated carbocycles. The molecule has 29 heavy (non-hydrogen) atoms. The van der Waals surface area contributed by atoms with Gasteiger partial charge in [-0.25, -0.2) is 9.18 Å². The van der Waals surface area contributed by atoms with E-state index in [0.29, 0.717) is 23.7 Å². The van der Waals surface area contributed by atoms with E-state index in [2.05, 4.69) is 0 Å². The van der Waals surface area contributed by atoms with Crippen LogP contribution in [-0.4, -0.2) is 51.3 Å². The first kappa shape index (κ1) is 22.0. The summed E-state index contributed by atoms with van der Waals surface area (Å²) in [5, 5.41) is 0. The average Bonchev–Trinajstić information content (AvgIpc) is 2.72. The monoisotopic (exact) mass is 405 g/mol. The molecule has 7 nitrogen and oxygen atoms in total. The van der Waals surface area contributed by atoms with Gasteiger partial charge in [0, 0.05) is 13.6 Å². The van der Waals surface area contributed by atoms with Crippen molar-refractivity contribution in [1.29, 1.82) is 0 Å². The number of rotatable bonds is 9.